The van der Waals surface area contributed by atoms with Crippen molar-refractivity contribution in [2.24, 2.45) is 0 Å². The minimum Gasteiger partial charge on any atom is -0.399 e. The number of benzene rings is 2. The van der Waals surface area contributed by atoms with E-state index in [1.807, 2.05) is 24.3 Å². The molecule has 0 heterocycles. The minimum absolute atomic E-state index is 0.0530. The molecule has 0 bridgehead atoms. The molecule has 0 saturated heterocycles. The molecule has 4 N–H and O–H groups in total. The highest BCUT2D eigenvalue weighted by Gasteiger charge is 2.31. The second-order valence-corrected chi connectivity index (χ2v) is 5.78. The summed E-state index contributed by atoms with van der Waals surface area (Å²) in [5.41, 5.74) is 16.1. The summed E-state index contributed by atoms with van der Waals surface area (Å²) in [6, 6.07) is 16.7. The van der Waals surface area contributed by atoms with E-state index in [9.17, 15) is 0 Å². The van der Waals surface area contributed by atoms with E-state index in [0.29, 0.717) is 0 Å². The van der Waals surface area contributed by atoms with Crippen LogP contribution in [0.1, 0.15) is 50.7 Å². The zero-order valence-electron chi connectivity index (χ0n) is 13.1. The number of unbranched alkanes of at least 4 members (excludes halogenated alkanes) is 1. The zero-order valence-corrected chi connectivity index (χ0v) is 13.1. The first-order valence-corrected chi connectivity index (χ1v) is 7.84. The molecule has 2 aromatic rings. The Balaban J connectivity index is 2.51. The first-order valence-electron chi connectivity index (χ1n) is 7.84. The van der Waals surface area contributed by atoms with E-state index >= 15 is 0 Å². The van der Waals surface area contributed by atoms with E-state index in [1.54, 1.807) is 0 Å². The van der Waals surface area contributed by atoms with Gasteiger partial charge in [0.1, 0.15) is 0 Å². The molecule has 0 fully saturated rings. The third-order valence-electron chi connectivity index (χ3n) is 4.49. The number of hydrogen-bond donors (Lipinski definition) is 2. The maximum Gasteiger partial charge on any atom is 0.0314 e. The highest BCUT2D eigenvalue weighted by molar-refractivity contribution is 5.48. The van der Waals surface area contributed by atoms with Crippen LogP contribution in [-0.4, -0.2) is 0 Å². The molecule has 112 valence electrons. The summed E-state index contributed by atoms with van der Waals surface area (Å²) >= 11 is 0. The summed E-state index contributed by atoms with van der Waals surface area (Å²) < 4.78 is 0. The predicted octanol–water partition coefficient (Wildman–Crippen LogP) is 4.74. The van der Waals surface area contributed by atoms with E-state index in [2.05, 4.69) is 38.1 Å². The maximum atomic E-state index is 5.85. The van der Waals surface area contributed by atoms with Crippen molar-refractivity contribution in [3.63, 3.8) is 0 Å². The standard InChI is InChI=1S/C19H26N2/c1-3-5-14-19(4-2,15-6-10-17(20)11-7-15)16-8-12-18(21)13-9-16/h6-13H,3-5,14,20-21H2,1-2H3. The lowest BCUT2D eigenvalue weighted by molar-refractivity contribution is 0.437. The van der Waals surface area contributed by atoms with Crippen LogP contribution in [-0.2, 0) is 5.41 Å². The lowest BCUT2D eigenvalue weighted by Gasteiger charge is -2.34. The van der Waals surface area contributed by atoms with Crippen molar-refractivity contribution >= 4 is 11.4 Å². The van der Waals surface area contributed by atoms with Crippen molar-refractivity contribution in [1.82, 2.24) is 0 Å². The van der Waals surface area contributed by atoms with Crippen LogP contribution in [0.15, 0.2) is 48.5 Å². The van der Waals surface area contributed by atoms with Gasteiger partial charge in [-0.25, -0.2) is 0 Å². The molecule has 0 atom stereocenters. The van der Waals surface area contributed by atoms with Gasteiger partial charge in [0.2, 0.25) is 0 Å². The van der Waals surface area contributed by atoms with E-state index in [-0.39, 0.29) is 5.41 Å². The molecule has 0 spiro atoms. The molecular formula is C19H26N2. The topological polar surface area (TPSA) is 52.0 Å². The van der Waals surface area contributed by atoms with Gasteiger partial charge in [0.25, 0.3) is 0 Å². The summed E-state index contributed by atoms with van der Waals surface area (Å²) in [7, 11) is 0. The van der Waals surface area contributed by atoms with Crippen LogP contribution in [0.2, 0.25) is 0 Å². The van der Waals surface area contributed by atoms with Gasteiger partial charge < -0.3 is 11.5 Å². The summed E-state index contributed by atoms with van der Waals surface area (Å²) in [6.07, 6.45) is 4.63. The van der Waals surface area contributed by atoms with Crippen LogP contribution in [0.25, 0.3) is 0 Å². The molecule has 0 saturated carbocycles. The average Bonchev–Trinajstić information content (AvgIpc) is 2.51. The van der Waals surface area contributed by atoms with Crippen LogP contribution >= 0.6 is 0 Å². The molecule has 2 rings (SSSR count). The summed E-state index contributed by atoms with van der Waals surface area (Å²) in [6.45, 7) is 4.51. The molecule has 2 aromatic carbocycles. The first-order chi connectivity index (χ1) is 10.1. The quantitative estimate of drug-likeness (QED) is 0.752. The minimum atomic E-state index is 0.0530. The monoisotopic (exact) mass is 282 g/mol. The van der Waals surface area contributed by atoms with E-state index in [4.69, 9.17) is 11.5 Å². The highest BCUT2D eigenvalue weighted by atomic mass is 14.5. The van der Waals surface area contributed by atoms with Crippen LogP contribution in [0, 0.1) is 0 Å². The van der Waals surface area contributed by atoms with E-state index in [0.717, 1.165) is 24.2 Å². The van der Waals surface area contributed by atoms with Crippen molar-refractivity contribution < 1.29 is 0 Å². The smallest absolute Gasteiger partial charge is 0.0314 e. The van der Waals surface area contributed by atoms with Crippen molar-refractivity contribution in [3.8, 4) is 0 Å². The molecule has 2 nitrogen and oxygen atoms in total. The maximum absolute atomic E-state index is 5.85. The predicted molar refractivity (Wildman–Crippen MR) is 92.3 cm³/mol. The number of rotatable bonds is 6. The Kier molecular flexibility index (Phi) is 4.89. The van der Waals surface area contributed by atoms with Gasteiger partial charge in [-0.2, -0.15) is 0 Å². The fourth-order valence-electron chi connectivity index (χ4n) is 3.12. The molecule has 2 heteroatoms. The number of nitrogens with two attached hydrogens (primary N) is 2. The van der Waals surface area contributed by atoms with Gasteiger partial charge >= 0.3 is 0 Å². The van der Waals surface area contributed by atoms with E-state index < -0.39 is 0 Å². The first kappa shape index (κ1) is 15.4. The molecule has 0 amide bonds. The second-order valence-electron chi connectivity index (χ2n) is 5.78. The van der Waals surface area contributed by atoms with Crippen LogP contribution < -0.4 is 11.5 Å². The lowest BCUT2D eigenvalue weighted by atomic mass is 9.69. The summed E-state index contributed by atoms with van der Waals surface area (Å²) in [5.74, 6) is 0. The average molecular weight is 282 g/mol. The number of nitrogen functional groups attached to an aromatic ring is 2. The van der Waals surface area contributed by atoms with Crippen molar-refractivity contribution in [1.29, 1.82) is 0 Å². The van der Waals surface area contributed by atoms with Gasteiger partial charge in [-0.05, 0) is 48.2 Å². The Morgan fingerprint density at radius 1 is 0.762 bits per heavy atom. The summed E-state index contributed by atoms with van der Waals surface area (Å²) in [4.78, 5) is 0. The third-order valence-corrected chi connectivity index (χ3v) is 4.49. The van der Waals surface area contributed by atoms with Gasteiger partial charge in [-0.3, -0.25) is 0 Å². The molecule has 0 aliphatic rings. The Bertz CT molecular complexity index is 510. The van der Waals surface area contributed by atoms with E-state index in [1.165, 1.54) is 24.0 Å². The molecule has 0 aliphatic heterocycles. The van der Waals surface area contributed by atoms with Crippen LogP contribution in [0.4, 0.5) is 11.4 Å². The van der Waals surface area contributed by atoms with Crippen LogP contribution in [0.3, 0.4) is 0 Å². The normalized spacial score (nSPS) is 11.5. The molecule has 0 radical (unpaired) electrons. The van der Waals surface area contributed by atoms with Crippen molar-refractivity contribution in [2.75, 3.05) is 11.5 Å². The van der Waals surface area contributed by atoms with Crippen molar-refractivity contribution in [3.05, 3.63) is 59.7 Å². The Morgan fingerprint density at radius 2 is 1.19 bits per heavy atom. The van der Waals surface area contributed by atoms with Gasteiger partial charge in [0.15, 0.2) is 0 Å². The van der Waals surface area contributed by atoms with Gasteiger partial charge in [-0.15, -0.1) is 0 Å². The fraction of sp³-hybridized carbons (Fsp3) is 0.368. The van der Waals surface area contributed by atoms with Crippen molar-refractivity contribution in [2.45, 2.75) is 44.9 Å². The Labute approximate surface area is 128 Å². The number of anilines is 2. The fourth-order valence-corrected chi connectivity index (χ4v) is 3.12. The molecular weight excluding hydrogens is 256 g/mol. The largest absolute Gasteiger partial charge is 0.399 e. The lowest BCUT2D eigenvalue weighted by Crippen LogP contribution is -2.27. The Hall–Kier alpha value is -1.96. The molecule has 0 unspecified atom stereocenters. The Morgan fingerprint density at radius 3 is 1.52 bits per heavy atom. The van der Waals surface area contributed by atoms with Gasteiger partial charge in [0, 0.05) is 16.8 Å². The summed E-state index contributed by atoms with van der Waals surface area (Å²) in [5, 5.41) is 0. The van der Waals surface area contributed by atoms with Gasteiger partial charge in [0.05, 0.1) is 0 Å². The highest BCUT2D eigenvalue weighted by Crippen LogP contribution is 2.40. The number of hydrogen-bond acceptors (Lipinski definition) is 2. The van der Waals surface area contributed by atoms with Gasteiger partial charge in [-0.1, -0.05) is 51.0 Å². The third kappa shape index (κ3) is 3.21. The molecule has 21 heavy (non-hydrogen) atoms. The molecule has 0 aliphatic carbocycles. The van der Waals surface area contributed by atoms with Crippen LogP contribution in [0.5, 0.6) is 0 Å². The SMILES string of the molecule is CCCCC(CC)(c1ccc(N)cc1)c1ccc(N)cc1. The molecule has 0 aromatic heterocycles. The zero-order chi connectivity index (χ0) is 15.3. The second kappa shape index (κ2) is 6.66.